The van der Waals surface area contributed by atoms with E-state index in [4.69, 9.17) is 4.52 Å². The minimum absolute atomic E-state index is 0.143. The van der Waals surface area contributed by atoms with Gasteiger partial charge in [0.05, 0.1) is 10.6 Å². The maximum Gasteiger partial charge on any atom is 0.264 e. The van der Waals surface area contributed by atoms with Crippen LogP contribution in [0.15, 0.2) is 64.0 Å². The van der Waals surface area contributed by atoms with Gasteiger partial charge in [0.15, 0.2) is 5.82 Å². The molecule has 8 heteroatoms. The number of carbonyl (C=O) groups is 1. The van der Waals surface area contributed by atoms with E-state index in [-0.39, 0.29) is 10.9 Å². The molecule has 0 bridgehead atoms. The molecule has 4 rings (SSSR count). The Hall–Kier alpha value is -3.13. The Labute approximate surface area is 163 Å². The second-order valence-corrected chi connectivity index (χ2v) is 8.60. The van der Waals surface area contributed by atoms with Gasteiger partial charge in [0.2, 0.25) is 0 Å². The second kappa shape index (κ2) is 6.79. The number of fused-ring (bicyclic) bond motifs is 1. The number of amides is 1. The highest BCUT2D eigenvalue weighted by Gasteiger charge is 2.35. The van der Waals surface area contributed by atoms with Crippen LogP contribution in [-0.2, 0) is 16.4 Å². The lowest BCUT2D eigenvalue weighted by Crippen LogP contribution is -2.35. The fraction of sp³-hybridized carbons (Fsp3) is 0.200. The Kier molecular flexibility index (Phi) is 4.43. The van der Waals surface area contributed by atoms with Crippen molar-refractivity contribution < 1.29 is 17.7 Å². The van der Waals surface area contributed by atoms with E-state index >= 15 is 0 Å². The number of para-hydroxylation sites is 1. The summed E-state index contributed by atoms with van der Waals surface area (Å²) in [6.07, 6.45) is 0.674. The van der Waals surface area contributed by atoms with E-state index < -0.39 is 15.9 Å². The van der Waals surface area contributed by atoms with Crippen molar-refractivity contribution in [2.24, 2.45) is 0 Å². The Balaban J connectivity index is 1.59. The second-order valence-electron chi connectivity index (χ2n) is 6.78. The minimum Gasteiger partial charge on any atom is -0.360 e. The van der Waals surface area contributed by atoms with Gasteiger partial charge in [0.25, 0.3) is 15.9 Å². The number of anilines is 2. The van der Waals surface area contributed by atoms with Crippen LogP contribution < -0.4 is 9.62 Å². The lowest BCUT2D eigenvalue weighted by atomic mass is 10.1. The minimum atomic E-state index is -3.73. The maximum absolute atomic E-state index is 13.2. The predicted octanol–water partition coefficient (Wildman–Crippen LogP) is 3.38. The van der Waals surface area contributed by atoms with Crippen LogP contribution in [0, 0.1) is 6.92 Å². The molecule has 2 heterocycles. The Bertz CT molecular complexity index is 1140. The fourth-order valence-electron chi connectivity index (χ4n) is 3.41. The highest BCUT2D eigenvalue weighted by Crippen LogP contribution is 2.36. The molecular formula is C20H19N3O4S. The summed E-state index contributed by atoms with van der Waals surface area (Å²) in [6.45, 7) is 3.61. The maximum atomic E-state index is 13.2. The van der Waals surface area contributed by atoms with Crippen LogP contribution in [0.1, 0.15) is 28.6 Å². The summed E-state index contributed by atoms with van der Waals surface area (Å²) in [6, 6.07) is 14.8. The first-order chi connectivity index (χ1) is 13.4. The van der Waals surface area contributed by atoms with Crippen LogP contribution in [0.3, 0.4) is 0 Å². The van der Waals surface area contributed by atoms with Crippen molar-refractivity contribution in [2.75, 3.05) is 9.62 Å². The zero-order valence-electron chi connectivity index (χ0n) is 15.4. The SMILES string of the molecule is Cc1cc(NC(=O)c2ccc(S(=O)(=O)N3c4ccccc4CC3C)cc2)no1. The Morgan fingerprint density at radius 2 is 1.89 bits per heavy atom. The van der Waals surface area contributed by atoms with Gasteiger partial charge in [-0.25, -0.2) is 8.42 Å². The quantitative estimate of drug-likeness (QED) is 0.729. The van der Waals surface area contributed by atoms with Crippen LogP contribution in [0.5, 0.6) is 0 Å². The van der Waals surface area contributed by atoms with E-state index in [1.54, 1.807) is 13.0 Å². The van der Waals surface area contributed by atoms with Gasteiger partial charge in [-0.2, -0.15) is 0 Å². The van der Waals surface area contributed by atoms with E-state index in [9.17, 15) is 13.2 Å². The van der Waals surface area contributed by atoms with E-state index in [0.29, 0.717) is 29.2 Å². The number of benzene rings is 2. The lowest BCUT2D eigenvalue weighted by molar-refractivity contribution is 0.102. The van der Waals surface area contributed by atoms with Crippen LogP contribution >= 0.6 is 0 Å². The number of rotatable bonds is 4. The van der Waals surface area contributed by atoms with Crippen LogP contribution in [0.2, 0.25) is 0 Å². The molecule has 1 aliphatic rings. The van der Waals surface area contributed by atoms with E-state index in [2.05, 4.69) is 10.5 Å². The van der Waals surface area contributed by atoms with Crippen molar-refractivity contribution in [1.29, 1.82) is 0 Å². The summed E-state index contributed by atoms with van der Waals surface area (Å²) in [5.74, 6) is 0.496. The van der Waals surface area contributed by atoms with Crippen molar-refractivity contribution in [3.05, 3.63) is 71.5 Å². The number of nitrogens with zero attached hydrogens (tertiary/aromatic N) is 2. The molecule has 1 N–H and O–H groups in total. The van der Waals surface area contributed by atoms with Crippen molar-refractivity contribution in [3.8, 4) is 0 Å². The summed E-state index contributed by atoms with van der Waals surface area (Å²) >= 11 is 0. The first-order valence-electron chi connectivity index (χ1n) is 8.83. The summed E-state index contributed by atoms with van der Waals surface area (Å²) in [5.41, 5.74) is 2.05. The van der Waals surface area contributed by atoms with Crippen LogP contribution in [-0.4, -0.2) is 25.5 Å². The average Bonchev–Trinajstić information content (AvgIpc) is 3.23. The molecule has 1 aromatic heterocycles. The molecule has 0 saturated heterocycles. The normalized spacial score (nSPS) is 16.1. The van der Waals surface area contributed by atoms with Gasteiger partial charge in [-0.3, -0.25) is 9.10 Å². The van der Waals surface area contributed by atoms with Gasteiger partial charge in [-0.15, -0.1) is 0 Å². The number of carbonyl (C=O) groups excluding carboxylic acids is 1. The summed E-state index contributed by atoms with van der Waals surface area (Å²) in [5, 5.41) is 6.32. The number of aryl methyl sites for hydroxylation is 1. The zero-order chi connectivity index (χ0) is 19.9. The third kappa shape index (κ3) is 3.16. The van der Waals surface area contributed by atoms with E-state index in [0.717, 1.165) is 5.56 Å². The van der Waals surface area contributed by atoms with Gasteiger partial charge in [-0.1, -0.05) is 23.4 Å². The molecule has 0 saturated carbocycles. The molecule has 1 aliphatic heterocycles. The summed E-state index contributed by atoms with van der Waals surface area (Å²) < 4.78 is 32.7. The lowest BCUT2D eigenvalue weighted by Gasteiger charge is -2.24. The molecule has 0 spiro atoms. The monoisotopic (exact) mass is 397 g/mol. The Morgan fingerprint density at radius 1 is 1.18 bits per heavy atom. The molecule has 3 aromatic rings. The van der Waals surface area contributed by atoms with Gasteiger partial charge < -0.3 is 9.84 Å². The molecule has 0 aliphatic carbocycles. The molecule has 7 nitrogen and oxygen atoms in total. The standard InChI is InChI=1S/C20H19N3O4S/c1-13-11-16-5-3-4-6-18(16)23(13)28(25,26)17-9-7-15(8-10-17)20(24)21-19-12-14(2)27-22-19/h3-10,12-13H,11H2,1-2H3,(H,21,22,24). The number of nitrogens with one attached hydrogen (secondary N) is 1. The van der Waals surface area contributed by atoms with Crippen LogP contribution in [0.25, 0.3) is 0 Å². The zero-order valence-corrected chi connectivity index (χ0v) is 16.2. The van der Waals surface area contributed by atoms with Crippen LogP contribution in [0.4, 0.5) is 11.5 Å². The van der Waals surface area contributed by atoms with Gasteiger partial charge >= 0.3 is 0 Å². The highest BCUT2D eigenvalue weighted by atomic mass is 32.2. The fourth-order valence-corrected chi connectivity index (χ4v) is 5.10. The van der Waals surface area contributed by atoms with E-state index in [1.807, 2.05) is 31.2 Å². The van der Waals surface area contributed by atoms with E-state index in [1.165, 1.54) is 28.6 Å². The molecule has 28 heavy (non-hydrogen) atoms. The third-order valence-electron chi connectivity index (χ3n) is 4.69. The van der Waals surface area contributed by atoms with Crippen molar-refractivity contribution in [1.82, 2.24) is 5.16 Å². The molecule has 2 aromatic carbocycles. The molecule has 1 atom stereocenters. The first-order valence-corrected chi connectivity index (χ1v) is 10.3. The first kappa shape index (κ1) is 18.2. The van der Waals surface area contributed by atoms with Gasteiger partial charge in [-0.05, 0) is 56.2 Å². The molecule has 144 valence electrons. The number of aromatic nitrogens is 1. The number of hydrogen-bond donors (Lipinski definition) is 1. The van der Waals surface area contributed by atoms with Crippen molar-refractivity contribution in [2.45, 2.75) is 31.2 Å². The summed E-state index contributed by atoms with van der Waals surface area (Å²) in [7, 11) is -3.73. The summed E-state index contributed by atoms with van der Waals surface area (Å²) in [4.78, 5) is 12.4. The van der Waals surface area contributed by atoms with Gasteiger partial charge in [0, 0.05) is 17.7 Å². The molecule has 0 radical (unpaired) electrons. The number of hydrogen-bond acceptors (Lipinski definition) is 5. The largest absolute Gasteiger partial charge is 0.360 e. The van der Waals surface area contributed by atoms with Gasteiger partial charge in [0.1, 0.15) is 5.76 Å². The molecule has 1 amide bonds. The molecule has 1 unspecified atom stereocenters. The molecule has 0 fully saturated rings. The Morgan fingerprint density at radius 3 is 2.57 bits per heavy atom. The number of sulfonamides is 1. The average molecular weight is 397 g/mol. The van der Waals surface area contributed by atoms with Crippen molar-refractivity contribution in [3.63, 3.8) is 0 Å². The molecular weight excluding hydrogens is 378 g/mol. The smallest absolute Gasteiger partial charge is 0.264 e. The highest BCUT2D eigenvalue weighted by molar-refractivity contribution is 7.92. The third-order valence-corrected chi connectivity index (χ3v) is 6.63. The van der Waals surface area contributed by atoms with Crippen molar-refractivity contribution >= 4 is 27.4 Å². The topological polar surface area (TPSA) is 92.5 Å². The predicted molar refractivity (Wildman–Crippen MR) is 105 cm³/mol.